The monoisotopic (exact) mass is 271 g/mol. The Morgan fingerprint density at radius 2 is 1.93 bits per heavy atom. The highest BCUT2D eigenvalue weighted by Gasteiger charge is 2.23. The lowest BCUT2D eigenvalue weighted by Gasteiger charge is -2.14. The lowest BCUT2D eigenvalue weighted by molar-refractivity contribution is 0.320. The molecule has 1 aromatic carbocycles. The summed E-state index contributed by atoms with van der Waals surface area (Å²) in [7, 11) is 0. The van der Waals surface area contributed by atoms with E-state index >= 15 is 0 Å². The fourth-order valence-corrected chi connectivity index (χ4v) is 1.18. The number of benzene rings is 1. The van der Waals surface area contributed by atoms with Gasteiger partial charge in [-0.15, -0.1) is 0 Å². The number of hydrogen-bond acceptors (Lipinski definition) is 2. The molecule has 1 aromatic rings. The van der Waals surface area contributed by atoms with Crippen molar-refractivity contribution >= 4 is 52.7 Å². The average molecular weight is 273 g/mol. The molecule has 1 rings (SSSR count). The van der Waals surface area contributed by atoms with E-state index in [1.54, 1.807) is 6.29 Å². The Balaban J connectivity index is 3.01. The number of alkyl halides is 3. The third kappa shape index (κ3) is 3.54. The number of rotatable bonds is 2. The van der Waals surface area contributed by atoms with Crippen LogP contribution in [0.4, 0.5) is 0 Å². The van der Waals surface area contributed by atoms with Gasteiger partial charge < -0.3 is 4.74 Å². The van der Waals surface area contributed by atoms with Crippen LogP contribution in [0, 0.1) is 0 Å². The summed E-state index contributed by atoms with van der Waals surface area (Å²) in [5, 5.41) is 0.246. The van der Waals surface area contributed by atoms with Crippen molar-refractivity contribution in [1.82, 2.24) is 0 Å². The molecule has 1 radical (unpaired) electrons. The number of halogens is 4. The molecule has 0 unspecified atom stereocenters. The summed E-state index contributed by atoms with van der Waals surface area (Å²) < 4.78 is 2.95. The summed E-state index contributed by atoms with van der Waals surface area (Å²) in [6, 6.07) is 4.26. The minimum atomic E-state index is -1.91. The van der Waals surface area contributed by atoms with Gasteiger partial charge in [-0.3, -0.25) is 4.79 Å². The van der Waals surface area contributed by atoms with E-state index in [1.165, 1.54) is 18.2 Å². The van der Waals surface area contributed by atoms with Gasteiger partial charge in [0.25, 0.3) is 0 Å². The van der Waals surface area contributed by atoms with Crippen LogP contribution in [0.25, 0.3) is 0 Å². The van der Waals surface area contributed by atoms with Crippen molar-refractivity contribution in [2.24, 2.45) is 0 Å². The van der Waals surface area contributed by atoms with E-state index in [9.17, 15) is 4.79 Å². The van der Waals surface area contributed by atoms with Gasteiger partial charge in [0.2, 0.25) is 6.29 Å². The Morgan fingerprint density at radius 3 is 2.43 bits per heavy atom. The molecular formula is C8H3Cl4O2. The molecule has 6 heteroatoms. The highest BCUT2D eigenvalue weighted by molar-refractivity contribution is 6.66. The summed E-state index contributed by atoms with van der Waals surface area (Å²) in [4.78, 5) is 10.3. The first-order valence-electron chi connectivity index (χ1n) is 3.36. The first-order chi connectivity index (χ1) is 6.42. The van der Waals surface area contributed by atoms with Gasteiger partial charge in [-0.05, 0) is 53.0 Å². The second-order valence-corrected chi connectivity index (χ2v) is 4.88. The molecule has 0 aliphatic rings. The van der Waals surface area contributed by atoms with Crippen LogP contribution < -0.4 is 4.74 Å². The van der Waals surface area contributed by atoms with Crippen LogP contribution in [0.3, 0.4) is 0 Å². The fraction of sp³-hybridized carbons (Fsp3) is 0.125. The van der Waals surface area contributed by atoms with E-state index in [1.807, 2.05) is 0 Å². The molecule has 0 saturated carbocycles. The summed E-state index contributed by atoms with van der Waals surface area (Å²) in [6.45, 7) is 0. The van der Waals surface area contributed by atoms with Gasteiger partial charge in [-0.1, -0.05) is 11.6 Å². The largest absolute Gasteiger partial charge is 0.444 e. The van der Waals surface area contributed by atoms with Crippen molar-refractivity contribution in [2.75, 3.05) is 0 Å². The lowest BCUT2D eigenvalue weighted by atomic mass is 10.2. The second kappa shape index (κ2) is 4.58. The SMILES string of the molecule is O=[C]c1ccc(Cl)c(OC(Cl)(Cl)Cl)c1. The van der Waals surface area contributed by atoms with Crippen LogP contribution in [0.1, 0.15) is 5.56 Å². The molecule has 0 spiro atoms. The van der Waals surface area contributed by atoms with Crippen LogP contribution in [-0.2, 0) is 4.79 Å². The van der Waals surface area contributed by atoms with Gasteiger partial charge in [0.15, 0.2) is 0 Å². The zero-order chi connectivity index (χ0) is 10.8. The van der Waals surface area contributed by atoms with E-state index in [2.05, 4.69) is 0 Å². The van der Waals surface area contributed by atoms with E-state index in [0.29, 0.717) is 0 Å². The first kappa shape index (κ1) is 11.9. The predicted molar refractivity (Wildman–Crippen MR) is 57.2 cm³/mol. The summed E-state index contributed by atoms with van der Waals surface area (Å²) in [5.74, 6) is 0.118. The van der Waals surface area contributed by atoms with Crippen molar-refractivity contribution < 1.29 is 9.53 Å². The molecule has 0 N–H and O–H groups in total. The highest BCUT2D eigenvalue weighted by Crippen LogP contribution is 2.34. The average Bonchev–Trinajstić information content (AvgIpc) is 2.06. The summed E-state index contributed by atoms with van der Waals surface area (Å²) in [5.41, 5.74) is 0.263. The number of hydrogen-bond donors (Lipinski definition) is 0. The highest BCUT2D eigenvalue weighted by atomic mass is 35.6. The summed E-state index contributed by atoms with van der Waals surface area (Å²) in [6.07, 6.45) is 1.66. The van der Waals surface area contributed by atoms with E-state index < -0.39 is 3.98 Å². The molecule has 0 amide bonds. The minimum absolute atomic E-state index is 0.118. The normalized spacial score (nSPS) is 11.1. The van der Waals surface area contributed by atoms with Gasteiger partial charge in [0, 0.05) is 5.56 Å². The zero-order valence-corrected chi connectivity index (χ0v) is 9.58. The Kier molecular flexibility index (Phi) is 3.90. The molecule has 2 nitrogen and oxygen atoms in total. The number of ether oxygens (including phenoxy) is 1. The van der Waals surface area contributed by atoms with Crippen molar-refractivity contribution in [2.45, 2.75) is 3.98 Å². The van der Waals surface area contributed by atoms with Crippen LogP contribution in [0.5, 0.6) is 5.75 Å². The van der Waals surface area contributed by atoms with Crippen molar-refractivity contribution in [3.63, 3.8) is 0 Å². The van der Waals surface area contributed by atoms with Gasteiger partial charge in [0.1, 0.15) is 5.75 Å². The van der Waals surface area contributed by atoms with E-state index in [4.69, 9.17) is 51.1 Å². The topological polar surface area (TPSA) is 26.3 Å². The molecule has 75 valence electrons. The molecule has 14 heavy (non-hydrogen) atoms. The molecule has 0 heterocycles. The molecular weight excluding hydrogens is 270 g/mol. The van der Waals surface area contributed by atoms with Crippen molar-refractivity contribution in [3.8, 4) is 5.75 Å². The molecule has 0 bridgehead atoms. The molecule has 0 atom stereocenters. The van der Waals surface area contributed by atoms with Gasteiger partial charge in [0.05, 0.1) is 5.02 Å². The standard InChI is InChI=1S/C8H3Cl4O2/c9-6-2-1-5(4-13)3-7(6)14-8(10,11)12/h1-3H. The quantitative estimate of drug-likeness (QED) is 0.771. The number of carbonyl (C=O) groups excluding carboxylic acids is 1. The van der Waals surface area contributed by atoms with Gasteiger partial charge in [-0.2, -0.15) is 0 Å². The molecule has 0 aliphatic carbocycles. The van der Waals surface area contributed by atoms with Crippen LogP contribution >= 0.6 is 46.4 Å². The lowest BCUT2D eigenvalue weighted by Crippen LogP contribution is -2.12. The Labute approximate surface area is 101 Å². The Bertz CT molecular complexity index is 346. The van der Waals surface area contributed by atoms with Crippen LogP contribution in [-0.4, -0.2) is 10.3 Å². The van der Waals surface area contributed by atoms with E-state index in [0.717, 1.165) is 0 Å². The minimum Gasteiger partial charge on any atom is -0.444 e. The Hall–Kier alpha value is -0.150. The van der Waals surface area contributed by atoms with Gasteiger partial charge in [-0.25, -0.2) is 0 Å². The maximum Gasteiger partial charge on any atom is 0.338 e. The third-order valence-electron chi connectivity index (χ3n) is 1.27. The fourth-order valence-electron chi connectivity index (χ4n) is 0.770. The van der Waals surface area contributed by atoms with Crippen LogP contribution in [0.15, 0.2) is 18.2 Å². The molecule has 0 aromatic heterocycles. The zero-order valence-electron chi connectivity index (χ0n) is 6.56. The smallest absolute Gasteiger partial charge is 0.338 e. The van der Waals surface area contributed by atoms with Crippen LogP contribution in [0.2, 0.25) is 5.02 Å². The maximum absolute atomic E-state index is 10.3. The molecule has 0 aliphatic heterocycles. The predicted octanol–water partition coefficient (Wildman–Crippen LogP) is 3.50. The van der Waals surface area contributed by atoms with Gasteiger partial charge >= 0.3 is 3.98 Å². The van der Waals surface area contributed by atoms with Crippen molar-refractivity contribution in [3.05, 3.63) is 28.8 Å². The maximum atomic E-state index is 10.3. The Morgan fingerprint density at radius 1 is 1.29 bits per heavy atom. The first-order valence-corrected chi connectivity index (χ1v) is 4.87. The molecule has 0 saturated heterocycles. The summed E-state index contributed by atoms with van der Waals surface area (Å²) >= 11 is 21.9. The third-order valence-corrected chi connectivity index (χ3v) is 1.82. The van der Waals surface area contributed by atoms with Crippen molar-refractivity contribution in [1.29, 1.82) is 0 Å². The van der Waals surface area contributed by atoms with E-state index in [-0.39, 0.29) is 16.3 Å². The molecule has 0 fully saturated rings. The second-order valence-electron chi connectivity index (χ2n) is 2.30.